The highest BCUT2D eigenvalue weighted by Gasteiger charge is 2.36. The maximum Gasteiger partial charge on any atom is 0.239 e. The maximum absolute atomic E-state index is 12.6. The Morgan fingerprint density at radius 2 is 1.67 bits per heavy atom. The highest BCUT2D eigenvalue weighted by Crippen LogP contribution is 2.33. The van der Waals surface area contributed by atoms with Crippen LogP contribution in [-0.4, -0.2) is 25.0 Å². The summed E-state index contributed by atoms with van der Waals surface area (Å²) in [7, 11) is 0. The van der Waals surface area contributed by atoms with Crippen LogP contribution < -0.4 is 20.1 Å². The van der Waals surface area contributed by atoms with Crippen LogP contribution in [0, 0.1) is 5.41 Å². The van der Waals surface area contributed by atoms with Crippen LogP contribution in [-0.2, 0) is 16.1 Å². The van der Waals surface area contributed by atoms with Crippen LogP contribution in [0.15, 0.2) is 42.5 Å². The molecule has 2 aromatic rings. The van der Waals surface area contributed by atoms with Crippen LogP contribution in [0.25, 0.3) is 0 Å². The number of nitrogens with one attached hydrogen (secondary N) is 2. The van der Waals surface area contributed by atoms with Crippen molar-refractivity contribution < 1.29 is 19.1 Å². The summed E-state index contributed by atoms with van der Waals surface area (Å²) in [5.41, 5.74) is 0.193. The van der Waals surface area contributed by atoms with Crippen molar-refractivity contribution in [3.63, 3.8) is 0 Å². The van der Waals surface area contributed by atoms with Gasteiger partial charge in [0.15, 0.2) is 11.5 Å². The second kappa shape index (κ2) is 7.88. The first kappa shape index (κ1) is 19.0. The van der Waals surface area contributed by atoms with Gasteiger partial charge in [0.1, 0.15) is 18.6 Å². The zero-order valence-corrected chi connectivity index (χ0v) is 15.9. The van der Waals surface area contributed by atoms with Gasteiger partial charge >= 0.3 is 0 Å². The molecule has 0 atom stereocenters. The number of anilines is 1. The lowest BCUT2D eigenvalue weighted by Crippen LogP contribution is -2.44. The Kier molecular flexibility index (Phi) is 5.56. The lowest BCUT2D eigenvalue weighted by molar-refractivity contribution is -0.138. The number of hydrogen-bond acceptors (Lipinski definition) is 4. The third kappa shape index (κ3) is 4.52. The van der Waals surface area contributed by atoms with Gasteiger partial charge in [-0.3, -0.25) is 9.59 Å². The van der Waals surface area contributed by atoms with Gasteiger partial charge in [0, 0.05) is 23.3 Å². The SMILES string of the molecule is CC(C)(C(=O)NCc1ccc(Cl)cc1)C(=O)Nc1ccc2c(c1)OCCO2. The number of carbonyl (C=O) groups is 2. The van der Waals surface area contributed by atoms with E-state index in [1.165, 1.54) is 0 Å². The predicted octanol–water partition coefficient (Wildman–Crippen LogP) is 3.39. The molecule has 6 nitrogen and oxygen atoms in total. The summed E-state index contributed by atoms with van der Waals surface area (Å²) < 4.78 is 11.0. The lowest BCUT2D eigenvalue weighted by atomic mass is 9.90. The van der Waals surface area contributed by atoms with E-state index in [-0.39, 0.29) is 5.91 Å². The molecular weight excluding hydrogens is 368 g/mol. The fraction of sp³-hybridized carbons (Fsp3) is 0.300. The zero-order valence-electron chi connectivity index (χ0n) is 15.2. The third-order valence-electron chi connectivity index (χ3n) is 4.30. The van der Waals surface area contributed by atoms with Crippen molar-refractivity contribution in [1.82, 2.24) is 5.32 Å². The molecule has 0 radical (unpaired) electrons. The molecule has 2 aromatic carbocycles. The summed E-state index contributed by atoms with van der Waals surface area (Å²) in [5, 5.41) is 6.18. The van der Waals surface area contributed by atoms with Gasteiger partial charge in [-0.1, -0.05) is 23.7 Å². The zero-order chi connectivity index (χ0) is 19.4. The van der Waals surface area contributed by atoms with Crippen molar-refractivity contribution in [1.29, 1.82) is 0 Å². The Balaban J connectivity index is 1.61. The molecule has 0 spiro atoms. The van der Waals surface area contributed by atoms with E-state index in [0.717, 1.165) is 5.56 Å². The Labute approximate surface area is 162 Å². The summed E-state index contributed by atoms with van der Waals surface area (Å²) in [5.74, 6) is 0.434. The maximum atomic E-state index is 12.6. The van der Waals surface area contributed by atoms with Gasteiger partial charge in [-0.05, 0) is 43.7 Å². The predicted molar refractivity (Wildman–Crippen MR) is 103 cm³/mol. The largest absolute Gasteiger partial charge is 0.486 e. The van der Waals surface area contributed by atoms with Gasteiger partial charge in [-0.2, -0.15) is 0 Å². The molecule has 1 heterocycles. The molecule has 0 bridgehead atoms. The summed E-state index contributed by atoms with van der Waals surface area (Å²) in [6.07, 6.45) is 0. The van der Waals surface area contributed by atoms with E-state index >= 15 is 0 Å². The average molecular weight is 389 g/mol. The molecule has 0 aromatic heterocycles. The van der Waals surface area contributed by atoms with Crippen molar-refractivity contribution >= 4 is 29.1 Å². The quantitative estimate of drug-likeness (QED) is 0.770. The Morgan fingerprint density at radius 3 is 2.37 bits per heavy atom. The molecule has 2 amide bonds. The van der Waals surface area contributed by atoms with E-state index in [0.29, 0.717) is 42.0 Å². The number of carbonyl (C=O) groups excluding carboxylic acids is 2. The molecule has 2 N–H and O–H groups in total. The summed E-state index contributed by atoms with van der Waals surface area (Å²) in [6.45, 7) is 4.44. The van der Waals surface area contributed by atoms with Crippen molar-refractivity contribution in [2.75, 3.05) is 18.5 Å². The van der Waals surface area contributed by atoms with E-state index in [1.807, 2.05) is 12.1 Å². The molecule has 7 heteroatoms. The topological polar surface area (TPSA) is 76.7 Å². The Morgan fingerprint density at radius 1 is 1.00 bits per heavy atom. The van der Waals surface area contributed by atoms with Gasteiger partial charge in [-0.25, -0.2) is 0 Å². The van der Waals surface area contributed by atoms with E-state index in [9.17, 15) is 9.59 Å². The summed E-state index contributed by atoms with van der Waals surface area (Å²) in [6, 6.07) is 12.3. The van der Waals surface area contributed by atoms with Crippen LogP contribution >= 0.6 is 11.6 Å². The smallest absolute Gasteiger partial charge is 0.239 e. The fourth-order valence-corrected chi connectivity index (χ4v) is 2.64. The average Bonchev–Trinajstić information content (AvgIpc) is 2.67. The normalized spacial score (nSPS) is 13.0. The number of amides is 2. The van der Waals surface area contributed by atoms with Crippen LogP contribution in [0.4, 0.5) is 5.69 Å². The molecule has 0 aliphatic carbocycles. The number of fused-ring (bicyclic) bond motifs is 1. The van der Waals surface area contributed by atoms with Gasteiger partial charge < -0.3 is 20.1 Å². The molecule has 0 unspecified atom stereocenters. The summed E-state index contributed by atoms with van der Waals surface area (Å²) in [4.78, 5) is 25.2. The number of halogens is 1. The number of rotatable bonds is 5. The van der Waals surface area contributed by atoms with E-state index < -0.39 is 11.3 Å². The Hall–Kier alpha value is -2.73. The first-order valence-electron chi connectivity index (χ1n) is 8.60. The van der Waals surface area contributed by atoms with Gasteiger partial charge in [0.2, 0.25) is 11.8 Å². The minimum atomic E-state index is -1.25. The molecule has 0 saturated heterocycles. The van der Waals surface area contributed by atoms with E-state index in [2.05, 4.69) is 10.6 Å². The lowest BCUT2D eigenvalue weighted by Gasteiger charge is -2.24. The first-order chi connectivity index (χ1) is 12.9. The molecular formula is C20H21ClN2O4. The number of hydrogen-bond donors (Lipinski definition) is 2. The highest BCUT2D eigenvalue weighted by molar-refractivity contribution is 6.30. The van der Waals surface area contributed by atoms with Crippen molar-refractivity contribution in [3.05, 3.63) is 53.1 Å². The van der Waals surface area contributed by atoms with Gasteiger partial charge in [-0.15, -0.1) is 0 Å². The monoisotopic (exact) mass is 388 g/mol. The molecule has 0 fully saturated rings. The minimum absolute atomic E-state index is 0.316. The van der Waals surface area contributed by atoms with Crippen molar-refractivity contribution in [2.45, 2.75) is 20.4 Å². The fourth-order valence-electron chi connectivity index (χ4n) is 2.52. The molecule has 27 heavy (non-hydrogen) atoms. The first-order valence-corrected chi connectivity index (χ1v) is 8.98. The van der Waals surface area contributed by atoms with E-state index in [1.54, 1.807) is 44.2 Å². The number of benzene rings is 2. The second-order valence-electron chi connectivity index (χ2n) is 6.75. The molecule has 1 aliphatic heterocycles. The highest BCUT2D eigenvalue weighted by atomic mass is 35.5. The number of ether oxygens (including phenoxy) is 2. The molecule has 0 saturated carbocycles. The molecule has 3 rings (SSSR count). The molecule has 1 aliphatic rings. The second-order valence-corrected chi connectivity index (χ2v) is 7.18. The van der Waals surface area contributed by atoms with Crippen molar-refractivity contribution in [3.8, 4) is 11.5 Å². The van der Waals surface area contributed by atoms with Crippen LogP contribution in [0.1, 0.15) is 19.4 Å². The van der Waals surface area contributed by atoms with Crippen LogP contribution in [0.2, 0.25) is 5.02 Å². The minimum Gasteiger partial charge on any atom is -0.486 e. The van der Waals surface area contributed by atoms with Gasteiger partial charge in [0.25, 0.3) is 0 Å². The van der Waals surface area contributed by atoms with E-state index in [4.69, 9.17) is 21.1 Å². The van der Waals surface area contributed by atoms with Crippen LogP contribution in [0.5, 0.6) is 11.5 Å². The molecule has 142 valence electrons. The summed E-state index contributed by atoms with van der Waals surface area (Å²) >= 11 is 5.85. The standard InChI is InChI=1S/C20H21ClN2O4/c1-20(2,18(24)22-12-13-3-5-14(21)6-4-13)19(25)23-15-7-8-16-17(11-15)27-10-9-26-16/h3-8,11H,9-10,12H2,1-2H3,(H,22,24)(H,23,25). The Bertz CT molecular complexity index is 850. The van der Waals surface area contributed by atoms with Crippen molar-refractivity contribution in [2.24, 2.45) is 5.41 Å². The third-order valence-corrected chi connectivity index (χ3v) is 4.55. The van der Waals surface area contributed by atoms with Gasteiger partial charge in [0.05, 0.1) is 0 Å². The van der Waals surface area contributed by atoms with Crippen LogP contribution in [0.3, 0.4) is 0 Å².